The first-order valence-electron chi connectivity index (χ1n) is 10.4. The molecule has 1 unspecified atom stereocenters. The number of nitrogens with zero attached hydrogens (tertiary/aromatic N) is 4. The van der Waals surface area contributed by atoms with E-state index in [0.717, 1.165) is 33.5 Å². The molecule has 4 aromatic rings. The molecule has 0 saturated carbocycles. The van der Waals surface area contributed by atoms with Gasteiger partial charge >= 0.3 is 0 Å². The van der Waals surface area contributed by atoms with Crippen molar-refractivity contribution in [3.05, 3.63) is 112 Å². The van der Waals surface area contributed by atoms with Crippen molar-refractivity contribution < 1.29 is 0 Å². The third-order valence-electron chi connectivity index (χ3n) is 5.85. The number of hydrazone groups is 1. The highest BCUT2D eigenvalue weighted by Crippen LogP contribution is 2.37. The summed E-state index contributed by atoms with van der Waals surface area (Å²) in [7, 11) is 0. The molecule has 0 saturated heterocycles. The van der Waals surface area contributed by atoms with Gasteiger partial charge in [-0.25, -0.2) is 4.68 Å². The Morgan fingerprint density at radius 3 is 2.35 bits per heavy atom. The molecule has 0 bridgehead atoms. The Morgan fingerprint density at radius 1 is 0.871 bits per heavy atom. The van der Waals surface area contributed by atoms with Crippen LogP contribution in [0.1, 0.15) is 34.7 Å². The van der Waals surface area contributed by atoms with Crippen LogP contribution in [0.5, 0.6) is 0 Å². The number of hydrogen-bond donors (Lipinski definition) is 0. The Morgan fingerprint density at radius 2 is 1.61 bits per heavy atom. The molecule has 3 aromatic carbocycles. The summed E-state index contributed by atoms with van der Waals surface area (Å²) in [6, 6.07) is 25.3. The SMILES string of the molecule is Cc1ccc(N2N=C(c3ccccc3)CC2c2cnn(-c3ccc(Br)cc3)c2)cc1C. The minimum atomic E-state index is 0.0986. The average molecular weight is 471 g/mol. The van der Waals surface area contributed by atoms with Gasteiger partial charge < -0.3 is 0 Å². The van der Waals surface area contributed by atoms with Crippen LogP contribution in [-0.4, -0.2) is 15.5 Å². The van der Waals surface area contributed by atoms with Crippen molar-refractivity contribution >= 4 is 27.3 Å². The molecule has 1 atom stereocenters. The standard InChI is InChI=1S/C26H23BrN4/c1-18-8-11-24(14-19(18)2)31-26(15-25(29-31)20-6-4-3-5-7-20)21-16-28-30(17-21)23-12-9-22(27)10-13-23/h3-14,16-17,26H,15H2,1-2H3. The van der Waals surface area contributed by atoms with E-state index in [1.807, 2.05) is 29.1 Å². The number of anilines is 1. The van der Waals surface area contributed by atoms with Gasteiger partial charge in [-0.15, -0.1) is 0 Å². The molecule has 5 heteroatoms. The summed E-state index contributed by atoms with van der Waals surface area (Å²) in [6.07, 6.45) is 4.92. The van der Waals surface area contributed by atoms with E-state index in [4.69, 9.17) is 5.10 Å². The zero-order valence-corrected chi connectivity index (χ0v) is 19.1. The normalized spacial score (nSPS) is 15.9. The lowest BCUT2D eigenvalue weighted by Crippen LogP contribution is -2.18. The minimum absolute atomic E-state index is 0.0986. The van der Waals surface area contributed by atoms with Crippen LogP contribution in [0.15, 0.2) is 94.8 Å². The molecule has 154 valence electrons. The van der Waals surface area contributed by atoms with Gasteiger partial charge in [0.05, 0.1) is 29.3 Å². The maximum absolute atomic E-state index is 5.06. The van der Waals surface area contributed by atoms with Gasteiger partial charge in [-0.05, 0) is 66.9 Å². The Hall–Kier alpha value is -3.18. The second-order valence-corrected chi connectivity index (χ2v) is 8.86. The molecule has 1 aliphatic rings. The summed E-state index contributed by atoms with van der Waals surface area (Å²) in [6.45, 7) is 4.29. The first kappa shape index (κ1) is 19.8. The van der Waals surface area contributed by atoms with Gasteiger partial charge in [0.15, 0.2) is 0 Å². The topological polar surface area (TPSA) is 33.4 Å². The molecule has 2 heterocycles. The van der Waals surface area contributed by atoms with Crippen LogP contribution in [0.2, 0.25) is 0 Å². The molecule has 4 nitrogen and oxygen atoms in total. The Balaban J connectivity index is 1.53. The van der Waals surface area contributed by atoms with Gasteiger partial charge in [-0.1, -0.05) is 52.3 Å². The van der Waals surface area contributed by atoms with E-state index >= 15 is 0 Å². The van der Waals surface area contributed by atoms with Crippen LogP contribution in [0.25, 0.3) is 5.69 Å². The largest absolute Gasteiger partial charge is 0.257 e. The smallest absolute Gasteiger partial charge is 0.0862 e. The highest BCUT2D eigenvalue weighted by Gasteiger charge is 2.31. The monoisotopic (exact) mass is 470 g/mol. The zero-order chi connectivity index (χ0) is 21.4. The predicted octanol–water partition coefficient (Wildman–Crippen LogP) is 6.61. The fourth-order valence-electron chi connectivity index (χ4n) is 3.92. The van der Waals surface area contributed by atoms with Crippen molar-refractivity contribution in [1.82, 2.24) is 9.78 Å². The summed E-state index contributed by atoms with van der Waals surface area (Å²) in [5, 5.41) is 11.9. The third kappa shape index (κ3) is 3.93. The van der Waals surface area contributed by atoms with Gasteiger partial charge in [-0.3, -0.25) is 5.01 Å². The summed E-state index contributed by atoms with van der Waals surface area (Å²) >= 11 is 3.50. The quantitative estimate of drug-likeness (QED) is 0.336. The van der Waals surface area contributed by atoms with Crippen LogP contribution >= 0.6 is 15.9 Å². The molecule has 1 aliphatic heterocycles. The second kappa shape index (κ2) is 8.16. The molecule has 5 rings (SSSR count). The van der Waals surface area contributed by atoms with Gasteiger partial charge in [0, 0.05) is 22.7 Å². The number of aryl methyl sites for hydroxylation is 2. The van der Waals surface area contributed by atoms with Crippen molar-refractivity contribution in [3.63, 3.8) is 0 Å². The molecule has 0 radical (unpaired) electrons. The van der Waals surface area contributed by atoms with Crippen LogP contribution in [0.3, 0.4) is 0 Å². The van der Waals surface area contributed by atoms with Crippen molar-refractivity contribution in [2.24, 2.45) is 5.10 Å². The summed E-state index contributed by atoms with van der Waals surface area (Å²) in [5.74, 6) is 0. The lowest BCUT2D eigenvalue weighted by atomic mass is 10.00. The van der Waals surface area contributed by atoms with Crippen LogP contribution in [-0.2, 0) is 0 Å². The number of rotatable bonds is 4. The van der Waals surface area contributed by atoms with E-state index < -0.39 is 0 Å². The molecular formula is C26H23BrN4. The summed E-state index contributed by atoms with van der Waals surface area (Å²) < 4.78 is 2.99. The fourth-order valence-corrected chi connectivity index (χ4v) is 4.19. The van der Waals surface area contributed by atoms with E-state index in [2.05, 4.69) is 101 Å². The fraction of sp³-hybridized carbons (Fsp3) is 0.154. The van der Waals surface area contributed by atoms with Crippen LogP contribution < -0.4 is 5.01 Å². The lowest BCUT2D eigenvalue weighted by Gasteiger charge is -2.23. The summed E-state index contributed by atoms with van der Waals surface area (Å²) in [5.41, 5.74) is 8.11. The molecule has 1 aromatic heterocycles. The predicted molar refractivity (Wildman–Crippen MR) is 130 cm³/mol. The molecule has 0 aliphatic carbocycles. The van der Waals surface area contributed by atoms with Crippen molar-refractivity contribution in [1.29, 1.82) is 0 Å². The Kier molecular flexibility index (Phi) is 5.20. The average Bonchev–Trinajstić information content (AvgIpc) is 3.44. The van der Waals surface area contributed by atoms with E-state index in [1.165, 1.54) is 16.7 Å². The van der Waals surface area contributed by atoms with E-state index in [-0.39, 0.29) is 6.04 Å². The Bertz CT molecular complexity index is 1240. The molecule has 0 spiro atoms. The minimum Gasteiger partial charge on any atom is -0.257 e. The molecule has 0 N–H and O–H groups in total. The molecule has 0 amide bonds. The highest BCUT2D eigenvalue weighted by atomic mass is 79.9. The number of benzene rings is 3. The number of halogens is 1. The molecular weight excluding hydrogens is 448 g/mol. The lowest BCUT2D eigenvalue weighted by molar-refractivity contribution is 0.708. The number of hydrogen-bond acceptors (Lipinski definition) is 3. The third-order valence-corrected chi connectivity index (χ3v) is 6.38. The molecule has 31 heavy (non-hydrogen) atoms. The van der Waals surface area contributed by atoms with Gasteiger partial charge in [0.25, 0.3) is 0 Å². The highest BCUT2D eigenvalue weighted by molar-refractivity contribution is 9.10. The van der Waals surface area contributed by atoms with Gasteiger partial charge in [0.2, 0.25) is 0 Å². The van der Waals surface area contributed by atoms with Gasteiger partial charge in [0.1, 0.15) is 0 Å². The Labute approximate surface area is 191 Å². The first-order chi connectivity index (χ1) is 15.1. The van der Waals surface area contributed by atoms with Crippen molar-refractivity contribution in [2.75, 3.05) is 5.01 Å². The van der Waals surface area contributed by atoms with Crippen molar-refractivity contribution in [3.8, 4) is 5.69 Å². The maximum atomic E-state index is 5.06. The van der Waals surface area contributed by atoms with Crippen LogP contribution in [0, 0.1) is 13.8 Å². The number of aromatic nitrogens is 2. The van der Waals surface area contributed by atoms with Crippen LogP contribution in [0.4, 0.5) is 5.69 Å². The van der Waals surface area contributed by atoms with E-state index in [9.17, 15) is 0 Å². The van der Waals surface area contributed by atoms with Gasteiger partial charge in [-0.2, -0.15) is 10.2 Å². The van der Waals surface area contributed by atoms with Crippen molar-refractivity contribution in [2.45, 2.75) is 26.3 Å². The second-order valence-electron chi connectivity index (χ2n) is 7.94. The summed E-state index contributed by atoms with van der Waals surface area (Å²) in [4.78, 5) is 0. The first-order valence-corrected chi connectivity index (χ1v) is 11.2. The zero-order valence-electron chi connectivity index (χ0n) is 17.5. The van der Waals surface area contributed by atoms with E-state index in [0.29, 0.717) is 0 Å². The van der Waals surface area contributed by atoms with E-state index in [1.54, 1.807) is 0 Å². The maximum Gasteiger partial charge on any atom is 0.0862 e. The molecule has 0 fully saturated rings.